The van der Waals surface area contributed by atoms with Crippen molar-refractivity contribution in [2.45, 2.75) is 6.18 Å². The van der Waals surface area contributed by atoms with Crippen molar-refractivity contribution in [1.82, 2.24) is 4.98 Å². The summed E-state index contributed by atoms with van der Waals surface area (Å²) in [5.41, 5.74) is -0.755. The molecule has 3 aromatic rings. The first-order valence-electron chi connectivity index (χ1n) is 8.00. The topological polar surface area (TPSA) is 82.9 Å². The number of benzene rings is 2. The molecule has 1 aromatic heterocycles. The zero-order valence-corrected chi connectivity index (χ0v) is 16.4. The quantitative estimate of drug-likeness (QED) is 0.226. The normalized spacial score (nSPS) is 11.8. The molecule has 0 aliphatic heterocycles. The van der Waals surface area contributed by atoms with Crippen LogP contribution in [0.1, 0.15) is 5.56 Å². The molecule has 0 saturated carbocycles. The molecule has 0 radical (unpaired) electrons. The first kappa shape index (κ1) is 25.9. The molecule has 31 heavy (non-hydrogen) atoms. The molecule has 2 aromatic carbocycles. The Labute approximate surface area is 198 Å². The van der Waals surface area contributed by atoms with E-state index in [0.29, 0.717) is 6.07 Å². The fourth-order valence-corrected chi connectivity index (χ4v) is 3.51. The molecular weight excluding hydrogens is 477 g/mol. The number of halogens is 5. The van der Waals surface area contributed by atoms with E-state index in [9.17, 15) is 26.5 Å². The summed E-state index contributed by atoms with van der Waals surface area (Å²) in [5, 5.41) is 1.46. The molecule has 0 amide bonds. The van der Waals surface area contributed by atoms with Gasteiger partial charge in [0.15, 0.2) is 5.13 Å². The van der Waals surface area contributed by atoms with E-state index in [2.05, 4.69) is 9.51 Å². The fraction of sp³-hybridized carbons (Fsp3) is 0.118. The van der Waals surface area contributed by atoms with E-state index in [0.717, 1.165) is 52.6 Å². The summed E-state index contributed by atoms with van der Waals surface area (Å²) in [6.07, 6.45) is -4.57. The van der Waals surface area contributed by atoms with Crippen molar-refractivity contribution in [3.63, 3.8) is 0 Å². The number of thiazole rings is 1. The molecule has 14 heteroatoms. The van der Waals surface area contributed by atoms with Gasteiger partial charge in [0, 0.05) is 22.7 Å². The van der Waals surface area contributed by atoms with Gasteiger partial charge in [0.05, 0.1) is 11.3 Å². The molecule has 3 rings (SSSR count). The van der Waals surface area contributed by atoms with Crippen molar-refractivity contribution in [3.05, 3.63) is 65.0 Å². The Kier molecular flexibility index (Phi) is 8.39. The standard InChI is InChI=1S/C17H12F5N2O4PS.Na.H/c18-11-3-6-13(14(19)7-11)15-8-30-16(23-15)24(9-28-29(25,26)27)12-4-1-10(2-5-12)17(20,21)22;;/h1-8H,9H2,(H2,25,26,27);;. The van der Waals surface area contributed by atoms with E-state index in [1.54, 1.807) is 0 Å². The summed E-state index contributed by atoms with van der Waals surface area (Å²) in [6, 6.07) is 6.58. The number of hydrogen-bond donors (Lipinski definition) is 2. The Morgan fingerprint density at radius 1 is 1.10 bits per heavy atom. The Balaban J connectivity index is 0.00000341. The van der Waals surface area contributed by atoms with Gasteiger partial charge in [-0.3, -0.25) is 9.42 Å². The van der Waals surface area contributed by atoms with E-state index in [1.807, 2.05) is 0 Å². The number of aromatic nitrogens is 1. The predicted octanol–water partition coefficient (Wildman–Crippen LogP) is 4.66. The van der Waals surface area contributed by atoms with Gasteiger partial charge in [0.2, 0.25) is 0 Å². The first-order chi connectivity index (χ1) is 13.9. The van der Waals surface area contributed by atoms with Crippen LogP contribution in [0.4, 0.5) is 32.8 Å². The molecule has 0 aliphatic carbocycles. The third kappa shape index (κ3) is 6.80. The molecule has 0 bridgehead atoms. The van der Waals surface area contributed by atoms with Gasteiger partial charge in [-0.15, -0.1) is 11.3 Å². The van der Waals surface area contributed by atoms with Gasteiger partial charge < -0.3 is 9.79 Å². The van der Waals surface area contributed by atoms with Crippen LogP contribution < -0.4 is 4.90 Å². The Morgan fingerprint density at radius 3 is 2.29 bits per heavy atom. The van der Waals surface area contributed by atoms with Crippen LogP contribution in [0.2, 0.25) is 0 Å². The zero-order valence-electron chi connectivity index (χ0n) is 14.7. The van der Waals surface area contributed by atoms with Crippen molar-refractivity contribution in [3.8, 4) is 11.3 Å². The van der Waals surface area contributed by atoms with Gasteiger partial charge in [-0.25, -0.2) is 18.3 Å². The van der Waals surface area contributed by atoms with Crippen LogP contribution in [0.3, 0.4) is 0 Å². The number of hydrogen-bond acceptors (Lipinski definition) is 5. The van der Waals surface area contributed by atoms with E-state index in [1.165, 1.54) is 5.38 Å². The van der Waals surface area contributed by atoms with Crippen LogP contribution in [-0.4, -0.2) is 51.1 Å². The Bertz CT molecular complexity index is 1090. The summed E-state index contributed by atoms with van der Waals surface area (Å²) in [6.45, 7) is -0.742. The van der Waals surface area contributed by atoms with Crippen molar-refractivity contribution in [2.24, 2.45) is 0 Å². The van der Waals surface area contributed by atoms with Crippen LogP contribution >= 0.6 is 19.2 Å². The van der Waals surface area contributed by atoms with E-state index in [4.69, 9.17) is 9.79 Å². The molecule has 0 fully saturated rings. The first-order valence-corrected chi connectivity index (χ1v) is 10.4. The van der Waals surface area contributed by atoms with Gasteiger partial charge in [0.25, 0.3) is 0 Å². The summed E-state index contributed by atoms with van der Waals surface area (Å²) >= 11 is 0.920. The summed E-state index contributed by atoms with van der Waals surface area (Å²) in [4.78, 5) is 23.2. The number of alkyl halides is 3. The third-order valence-corrected chi connectivity index (χ3v) is 5.11. The second-order valence-corrected chi connectivity index (χ2v) is 7.94. The van der Waals surface area contributed by atoms with Gasteiger partial charge in [-0.2, -0.15) is 13.2 Å². The van der Waals surface area contributed by atoms with Crippen LogP contribution in [0.15, 0.2) is 47.8 Å². The number of anilines is 2. The minimum absolute atomic E-state index is 0. The molecule has 0 saturated heterocycles. The van der Waals surface area contributed by atoms with E-state index >= 15 is 0 Å². The Hall–Kier alpha value is -1.37. The van der Waals surface area contributed by atoms with Crippen LogP contribution in [0, 0.1) is 11.6 Å². The maximum absolute atomic E-state index is 14.0. The summed E-state index contributed by atoms with van der Waals surface area (Å²) in [7, 11) is -4.91. The summed E-state index contributed by atoms with van der Waals surface area (Å²) < 4.78 is 81.0. The molecular formula is C17H13F5N2NaO4PS. The van der Waals surface area contributed by atoms with Crippen molar-refractivity contribution >= 4 is 59.5 Å². The van der Waals surface area contributed by atoms with E-state index < -0.39 is 37.9 Å². The molecule has 162 valence electrons. The number of rotatable bonds is 6. The SMILES string of the molecule is O=P(O)(O)OCN(c1ccc(C(F)(F)F)cc1)c1nc(-c2ccc(F)cc2F)cs1.[NaH]. The zero-order chi connectivity index (χ0) is 22.1. The van der Waals surface area contributed by atoms with Crippen molar-refractivity contribution in [1.29, 1.82) is 0 Å². The average molecular weight is 490 g/mol. The maximum atomic E-state index is 14.0. The fourth-order valence-electron chi connectivity index (χ4n) is 2.41. The van der Waals surface area contributed by atoms with Crippen LogP contribution in [0.25, 0.3) is 11.3 Å². The average Bonchev–Trinajstić information content (AvgIpc) is 3.10. The van der Waals surface area contributed by atoms with Gasteiger partial charge in [0.1, 0.15) is 18.4 Å². The molecule has 0 spiro atoms. The third-order valence-electron chi connectivity index (χ3n) is 3.79. The van der Waals surface area contributed by atoms with Crippen LogP contribution in [-0.2, 0) is 15.3 Å². The van der Waals surface area contributed by atoms with Gasteiger partial charge in [-0.1, -0.05) is 0 Å². The molecule has 0 unspecified atom stereocenters. The second-order valence-electron chi connectivity index (χ2n) is 5.86. The summed E-state index contributed by atoms with van der Waals surface area (Å²) in [5.74, 6) is -1.66. The molecule has 2 N–H and O–H groups in total. The van der Waals surface area contributed by atoms with E-state index in [-0.39, 0.29) is 51.6 Å². The Morgan fingerprint density at radius 2 is 1.74 bits per heavy atom. The molecule has 6 nitrogen and oxygen atoms in total. The van der Waals surface area contributed by atoms with Crippen molar-refractivity contribution in [2.75, 3.05) is 11.6 Å². The molecule has 1 heterocycles. The second kappa shape index (κ2) is 10.1. The predicted molar refractivity (Wildman–Crippen MR) is 106 cm³/mol. The molecule has 0 aliphatic rings. The minimum atomic E-state index is -4.91. The monoisotopic (exact) mass is 490 g/mol. The number of nitrogens with zero attached hydrogens (tertiary/aromatic N) is 2. The van der Waals surface area contributed by atoms with Gasteiger partial charge >= 0.3 is 43.6 Å². The van der Waals surface area contributed by atoms with Crippen LogP contribution in [0.5, 0.6) is 0 Å². The molecule has 0 atom stereocenters. The number of phosphoric acid groups is 1. The number of phosphoric ester groups is 1. The van der Waals surface area contributed by atoms with Gasteiger partial charge in [-0.05, 0) is 36.4 Å². The van der Waals surface area contributed by atoms with Crippen molar-refractivity contribution < 1.29 is 40.8 Å².